The molecule has 0 bridgehead atoms. The van der Waals surface area contributed by atoms with Crippen LogP contribution in [-0.4, -0.2) is 24.4 Å². The lowest BCUT2D eigenvalue weighted by atomic mass is 10.1. The number of halogens is 1. The summed E-state index contributed by atoms with van der Waals surface area (Å²) in [6.07, 6.45) is 1.56. The second-order valence-electron chi connectivity index (χ2n) is 4.31. The molecule has 0 aromatic heterocycles. The number of nitrogens with one attached hydrogen (secondary N) is 1. The Morgan fingerprint density at radius 2 is 2.00 bits per heavy atom. The summed E-state index contributed by atoms with van der Waals surface area (Å²) in [5, 5.41) is 2.75. The molecule has 4 nitrogen and oxygen atoms in total. The molecule has 1 N–H and O–H groups in total. The predicted octanol–water partition coefficient (Wildman–Crippen LogP) is 1.92. The van der Waals surface area contributed by atoms with E-state index < -0.39 is 0 Å². The third-order valence-electron chi connectivity index (χ3n) is 2.92. The van der Waals surface area contributed by atoms with Crippen molar-refractivity contribution in [3.8, 4) is 0 Å². The fourth-order valence-electron chi connectivity index (χ4n) is 2.04. The van der Waals surface area contributed by atoms with Crippen molar-refractivity contribution in [1.82, 2.24) is 5.32 Å². The highest BCUT2D eigenvalue weighted by Crippen LogP contribution is 2.20. The van der Waals surface area contributed by atoms with Crippen LogP contribution in [-0.2, 0) is 9.59 Å². The van der Waals surface area contributed by atoms with Crippen LogP contribution in [0.1, 0.15) is 19.8 Å². The molecule has 1 saturated heterocycles. The zero-order valence-electron chi connectivity index (χ0n) is 10.1. The van der Waals surface area contributed by atoms with Gasteiger partial charge in [0, 0.05) is 9.26 Å². The average molecular weight is 358 g/mol. The van der Waals surface area contributed by atoms with Gasteiger partial charge in [0.25, 0.3) is 0 Å². The SMILES string of the molecule is CCCC1NC(=O)CN(c2ccc(I)cc2)C1=O. The number of anilines is 1. The highest BCUT2D eigenvalue weighted by molar-refractivity contribution is 14.1. The van der Waals surface area contributed by atoms with Crippen LogP contribution < -0.4 is 10.2 Å². The number of hydrogen-bond donors (Lipinski definition) is 1. The average Bonchev–Trinajstić information content (AvgIpc) is 2.35. The molecule has 1 aliphatic heterocycles. The number of carbonyl (C=O) groups excluding carboxylic acids is 2. The standard InChI is InChI=1S/C13H15IN2O2/c1-2-3-11-13(18)16(8-12(17)15-11)10-6-4-9(14)5-7-10/h4-7,11H,2-3,8H2,1H3,(H,15,17). The van der Waals surface area contributed by atoms with Gasteiger partial charge in [0.1, 0.15) is 12.6 Å². The minimum atomic E-state index is -0.379. The van der Waals surface area contributed by atoms with E-state index in [1.807, 2.05) is 31.2 Å². The fraction of sp³-hybridized carbons (Fsp3) is 0.385. The van der Waals surface area contributed by atoms with E-state index in [9.17, 15) is 9.59 Å². The van der Waals surface area contributed by atoms with Gasteiger partial charge in [-0.15, -0.1) is 0 Å². The van der Waals surface area contributed by atoms with Gasteiger partial charge in [-0.05, 0) is 53.3 Å². The van der Waals surface area contributed by atoms with Gasteiger partial charge in [0.15, 0.2) is 0 Å². The van der Waals surface area contributed by atoms with Crippen LogP contribution in [0.2, 0.25) is 0 Å². The van der Waals surface area contributed by atoms with Crippen LogP contribution in [0.3, 0.4) is 0 Å². The first-order valence-electron chi connectivity index (χ1n) is 5.98. The molecular weight excluding hydrogens is 343 g/mol. The number of amides is 2. The van der Waals surface area contributed by atoms with Crippen LogP contribution in [0.5, 0.6) is 0 Å². The molecule has 1 atom stereocenters. The number of carbonyl (C=O) groups is 2. The third-order valence-corrected chi connectivity index (χ3v) is 3.64. The summed E-state index contributed by atoms with van der Waals surface area (Å²) < 4.78 is 1.11. The van der Waals surface area contributed by atoms with Gasteiger partial charge < -0.3 is 10.2 Å². The molecule has 2 amide bonds. The first kappa shape index (κ1) is 13.3. The fourth-order valence-corrected chi connectivity index (χ4v) is 2.39. The van der Waals surface area contributed by atoms with Crippen molar-refractivity contribution in [2.45, 2.75) is 25.8 Å². The number of benzene rings is 1. The molecule has 0 radical (unpaired) electrons. The van der Waals surface area contributed by atoms with E-state index in [2.05, 4.69) is 27.9 Å². The molecule has 1 unspecified atom stereocenters. The summed E-state index contributed by atoms with van der Waals surface area (Å²) in [5.41, 5.74) is 0.788. The van der Waals surface area contributed by atoms with Crippen molar-refractivity contribution < 1.29 is 9.59 Å². The van der Waals surface area contributed by atoms with Crippen molar-refractivity contribution in [3.63, 3.8) is 0 Å². The van der Waals surface area contributed by atoms with E-state index in [0.29, 0.717) is 6.42 Å². The van der Waals surface area contributed by atoms with E-state index in [1.54, 1.807) is 4.90 Å². The zero-order chi connectivity index (χ0) is 13.1. The molecule has 1 aromatic carbocycles. The molecule has 1 heterocycles. The predicted molar refractivity (Wildman–Crippen MR) is 78.4 cm³/mol. The van der Waals surface area contributed by atoms with E-state index in [1.165, 1.54) is 0 Å². The lowest BCUT2D eigenvalue weighted by Gasteiger charge is -2.32. The number of rotatable bonds is 3. The van der Waals surface area contributed by atoms with Crippen LogP contribution in [0.4, 0.5) is 5.69 Å². The summed E-state index contributed by atoms with van der Waals surface area (Å²) in [5.74, 6) is -0.107. The zero-order valence-corrected chi connectivity index (χ0v) is 12.3. The molecule has 96 valence electrons. The summed E-state index contributed by atoms with van der Waals surface area (Å²) in [4.78, 5) is 25.5. The second kappa shape index (κ2) is 5.69. The Balaban J connectivity index is 2.23. The number of piperazine rings is 1. The van der Waals surface area contributed by atoms with Gasteiger partial charge in [-0.1, -0.05) is 13.3 Å². The van der Waals surface area contributed by atoms with Crippen molar-refractivity contribution in [2.24, 2.45) is 0 Å². The topological polar surface area (TPSA) is 49.4 Å². The summed E-state index contributed by atoms with van der Waals surface area (Å²) in [6, 6.07) is 7.24. The summed E-state index contributed by atoms with van der Waals surface area (Å²) in [7, 11) is 0. The Morgan fingerprint density at radius 1 is 1.33 bits per heavy atom. The Bertz CT molecular complexity index is 459. The smallest absolute Gasteiger partial charge is 0.250 e. The van der Waals surface area contributed by atoms with Gasteiger partial charge in [-0.2, -0.15) is 0 Å². The lowest BCUT2D eigenvalue weighted by molar-refractivity contribution is -0.131. The van der Waals surface area contributed by atoms with Crippen molar-refractivity contribution in [2.75, 3.05) is 11.4 Å². The molecule has 2 rings (SSSR count). The van der Waals surface area contributed by atoms with E-state index in [0.717, 1.165) is 15.7 Å². The molecule has 1 aromatic rings. The van der Waals surface area contributed by atoms with E-state index >= 15 is 0 Å². The van der Waals surface area contributed by atoms with Crippen LogP contribution in [0.25, 0.3) is 0 Å². The minimum Gasteiger partial charge on any atom is -0.343 e. The van der Waals surface area contributed by atoms with E-state index in [4.69, 9.17) is 0 Å². The normalized spacial score (nSPS) is 19.9. The minimum absolute atomic E-state index is 0.0161. The largest absolute Gasteiger partial charge is 0.343 e. The van der Waals surface area contributed by atoms with Crippen molar-refractivity contribution in [3.05, 3.63) is 27.8 Å². The highest BCUT2D eigenvalue weighted by Gasteiger charge is 2.32. The Hall–Kier alpha value is -1.11. The van der Waals surface area contributed by atoms with Gasteiger partial charge in [-0.25, -0.2) is 0 Å². The molecule has 0 aliphatic carbocycles. The summed E-state index contributed by atoms with van der Waals surface area (Å²) >= 11 is 2.21. The molecular formula is C13H15IN2O2. The molecule has 5 heteroatoms. The first-order chi connectivity index (χ1) is 8.61. The van der Waals surface area contributed by atoms with Crippen molar-refractivity contribution in [1.29, 1.82) is 0 Å². The Morgan fingerprint density at radius 3 is 2.61 bits per heavy atom. The lowest BCUT2D eigenvalue weighted by Crippen LogP contribution is -2.58. The van der Waals surface area contributed by atoms with E-state index in [-0.39, 0.29) is 24.4 Å². The van der Waals surface area contributed by atoms with Gasteiger partial charge in [-0.3, -0.25) is 9.59 Å². The number of nitrogens with zero attached hydrogens (tertiary/aromatic N) is 1. The number of hydrogen-bond acceptors (Lipinski definition) is 2. The van der Waals surface area contributed by atoms with Gasteiger partial charge in [0.05, 0.1) is 0 Å². The molecule has 0 spiro atoms. The van der Waals surface area contributed by atoms with Gasteiger partial charge in [0.2, 0.25) is 11.8 Å². The second-order valence-corrected chi connectivity index (χ2v) is 5.56. The molecule has 1 fully saturated rings. The maximum Gasteiger partial charge on any atom is 0.250 e. The molecule has 0 saturated carbocycles. The van der Waals surface area contributed by atoms with Gasteiger partial charge >= 0.3 is 0 Å². The maximum absolute atomic E-state index is 12.3. The van der Waals surface area contributed by atoms with Crippen LogP contribution in [0.15, 0.2) is 24.3 Å². The van der Waals surface area contributed by atoms with Crippen LogP contribution in [0, 0.1) is 3.57 Å². The molecule has 18 heavy (non-hydrogen) atoms. The van der Waals surface area contributed by atoms with Crippen LogP contribution >= 0.6 is 22.6 Å². The third kappa shape index (κ3) is 2.82. The highest BCUT2D eigenvalue weighted by atomic mass is 127. The maximum atomic E-state index is 12.3. The summed E-state index contributed by atoms with van der Waals surface area (Å²) in [6.45, 7) is 2.11. The Labute approximate surface area is 120 Å². The quantitative estimate of drug-likeness (QED) is 0.840. The molecule has 1 aliphatic rings. The Kier molecular flexibility index (Phi) is 4.21. The van der Waals surface area contributed by atoms with Crippen molar-refractivity contribution >= 4 is 40.1 Å². The monoisotopic (exact) mass is 358 g/mol. The first-order valence-corrected chi connectivity index (χ1v) is 7.06.